The molecule has 0 radical (unpaired) electrons. The van der Waals surface area contributed by atoms with Crippen molar-refractivity contribution in [3.63, 3.8) is 0 Å². The quantitative estimate of drug-likeness (QED) is 0.569. The van der Waals surface area contributed by atoms with E-state index in [2.05, 4.69) is 27.9 Å². The monoisotopic (exact) mass is 423 g/mol. The summed E-state index contributed by atoms with van der Waals surface area (Å²) in [7, 11) is 0. The average Bonchev–Trinajstić information content (AvgIpc) is 3.00. The highest BCUT2D eigenvalue weighted by Gasteiger charge is 2.13. The van der Waals surface area contributed by atoms with Gasteiger partial charge in [-0.15, -0.1) is 0 Å². The van der Waals surface area contributed by atoms with Gasteiger partial charge in [0.2, 0.25) is 0 Å². The third-order valence-electron chi connectivity index (χ3n) is 3.08. The van der Waals surface area contributed by atoms with Gasteiger partial charge in [0.1, 0.15) is 5.76 Å². The molecule has 1 aromatic heterocycles. The van der Waals surface area contributed by atoms with Crippen molar-refractivity contribution in [2.75, 3.05) is 5.32 Å². The van der Waals surface area contributed by atoms with E-state index in [0.717, 1.165) is 14.8 Å². The van der Waals surface area contributed by atoms with E-state index in [4.69, 9.17) is 16.0 Å². The van der Waals surface area contributed by atoms with Crippen molar-refractivity contribution in [1.29, 1.82) is 0 Å². The summed E-state index contributed by atoms with van der Waals surface area (Å²) in [5.74, 6) is 0.624. The van der Waals surface area contributed by atoms with E-state index in [9.17, 15) is 4.79 Å². The zero-order valence-corrected chi connectivity index (χ0v) is 14.3. The Labute approximate surface area is 146 Å². The molecule has 0 saturated carbocycles. The number of nitrogens with one attached hydrogen (secondary N) is 1. The number of hydrogen-bond donors (Lipinski definition) is 1. The van der Waals surface area contributed by atoms with Crippen molar-refractivity contribution >= 4 is 45.8 Å². The first-order valence-corrected chi connectivity index (χ1v) is 8.01. The van der Waals surface area contributed by atoms with Crippen LogP contribution in [-0.4, -0.2) is 5.91 Å². The Bertz CT molecular complexity index is 812. The average molecular weight is 424 g/mol. The van der Waals surface area contributed by atoms with Crippen LogP contribution in [0.3, 0.4) is 0 Å². The van der Waals surface area contributed by atoms with E-state index in [1.165, 1.54) is 0 Å². The topological polar surface area (TPSA) is 42.2 Å². The standard InChI is InChI=1S/C17H11ClINO2/c18-12-7-5-11(6-8-12)15-9-10-16(22-15)17(21)20-14-4-2-1-3-13(14)19/h1-10H,(H,20,21). The number of amides is 1. The molecule has 1 heterocycles. The molecule has 22 heavy (non-hydrogen) atoms. The van der Waals surface area contributed by atoms with Crippen LogP contribution in [0, 0.1) is 3.57 Å². The Morgan fingerprint density at radius 1 is 1.00 bits per heavy atom. The van der Waals surface area contributed by atoms with Crippen LogP contribution < -0.4 is 5.32 Å². The molecular formula is C17H11ClINO2. The number of carbonyl (C=O) groups excluding carboxylic acids is 1. The minimum Gasteiger partial charge on any atom is -0.451 e. The van der Waals surface area contributed by atoms with Crippen LogP contribution in [0.4, 0.5) is 5.69 Å². The first kappa shape index (κ1) is 15.1. The van der Waals surface area contributed by atoms with E-state index in [0.29, 0.717) is 10.8 Å². The predicted molar refractivity (Wildman–Crippen MR) is 96.3 cm³/mol. The third-order valence-corrected chi connectivity index (χ3v) is 4.27. The summed E-state index contributed by atoms with van der Waals surface area (Å²) in [5, 5.41) is 3.50. The van der Waals surface area contributed by atoms with Gasteiger partial charge in [-0.1, -0.05) is 23.7 Å². The van der Waals surface area contributed by atoms with E-state index in [-0.39, 0.29) is 11.7 Å². The Morgan fingerprint density at radius 2 is 1.73 bits per heavy atom. The molecule has 0 aliphatic carbocycles. The lowest BCUT2D eigenvalue weighted by Gasteiger charge is -2.05. The molecule has 3 nitrogen and oxygen atoms in total. The maximum atomic E-state index is 12.2. The second kappa shape index (κ2) is 6.54. The van der Waals surface area contributed by atoms with Gasteiger partial charge in [0.15, 0.2) is 5.76 Å². The fourth-order valence-electron chi connectivity index (χ4n) is 1.98. The SMILES string of the molecule is O=C(Nc1ccccc1I)c1ccc(-c2ccc(Cl)cc2)o1. The van der Waals surface area contributed by atoms with Crippen LogP contribution >= 0.6 is 34.2 Å². The van der Waals surface area contributed by atoms with Crippen LogP contribution in [-0.2, 0) is 0 Å². The summed E-state index contributed by atoms with van der Waals surface area (Å²) in [5.41, 5.74) is 1.63. The molecule has 5 heteroatoms. The summed E-state index contributed by atoms with van der Waals surface area (Å²) in [4.78, 5) is 12.2. The van der Waals surface area contributed by atoms with Gasteiger partial charge >= 0.3 is 0 Å². The van der Waals surface area contributed by atoms with Crippen molar-refractivity contribution in [3.8, 4) is 11.3 Å². The summed E-state index contributed by atoms with van der Waals surface area (Å²) in [6.45, 7) is 0. The second-order valence-corrected chi connectivity index (χ2v) is 6.20. The maximum absolute atomic E-state index is 12.2. The molecule has 110 valence electrons. The number of hydrogen-bond acceptors (Lipinski definition) is 2. The first-order chi connectivity index (χ1) is 10.6. The van der Waals surface area contributed by atoms with Gasteiger partial charge in [-0.25, -0.2) is 0 Å². The number of carbonyl (C=O) groups is 1. The highest BCUT2D eigenvalue weighted by atomic mass is 127. The van der Waals surface area contributed by atoms with Crippen molar-refractivity contribution in [2.45, 2.75) is 0 Å². The zero-order valence-electron chi connectivity index (χ0n) is 11.3. The molecule has 1 amide bonds. The molecule has 0 aliphatic rings. The van der Waals surface area contributed by atoms with E-state index in [1.54, 1.807) is 24.3 Å². The Hall–Kier alpha value is -1.79. The number of benzene rings is 2. The van der Waals surface area contributed by atoms with Crippen molar-refractivity contribution in [1.82, 2.24) is 0 Å². The molecule has 0 aliphatic heterocycles. The van der Waals surface area contributed by atoms with E-state index in [1.807, 2.05) is 36.4 Å². The molecular weight excluding hydrogens is 413 g/mol. The van der Waals surface area contributed by atoms with Gasteiger partial charge in [-0.2, -0.15) is 0 Å². The van der Waals surface area contributed by atoms with Gasteiger partial charge in [0, 0.05) is 14.2 Å². The normalized spacial score (nSPS) is 10.5. The van der Waals surface area contributed by atoms with Crippen molar-refractivity contribution < 1.29 is 9.21 Å². The second-order valence-electron chi connectivity index (χ2n) is 4.60. The number of halogens is 2. The van der Waals surface area contributed by atoms with E-state index < -0.39 is 0 Å². The molecule has 0 saturated heterocycles. The molecule has 3 rings (SSSR count). The summed E-state index contributed by atoms with van der Waals surface area (Å²) < 4.78 is 6.60. The lowest BCUT2D eigenvalue weighted by atomic mass is 10.2. The molecule has 0 bridgehead atoms. The summed E-state index contributed by atoms with van der Waals surface area (Å²) >= 11 is 8.04. The predicted octanol–water partition coefficient (Wildman–Crippen LogP) is 5.46. The maximum Gasteiger partial charge on any atom is 0.291 e. The van der Waals surface area contributed by atoms with Gasteiger partial charge in [0.05, 0.1) is 5.69 Å². The van der Waals surface area contributed by atoms with Gasteiger partial charge in [-0.05, 0) is 71.1 Å². The van der Waals surface area contributed by atoms with Crippen molar-refractivity contribution in [3.05, 3.63) is 75.0 Å². The number of anilines is 1. The minimum absolute atomic E-state index is 0.268. The fraction of sp³-hybridized carbons (Fsp3) is 0. The highest BCUT2D eigenvalue weighted by Crippen LogP contribution is 2.25. The van der Waals surface area contributed by atoms with Gasteiger partial charge in [0.25, 0.3) is 5.91 Å². The summed E-state index contributed by atoms with van der Waals surface area (Å²) in [6, 6.07) is 18.3. The molecule has 0 spiro atoms. The Morgan fingerprint density at radius 3 is 2.45 bits per heavy atom. The molecule has 0 atom stereocenters. The fourth-order valence-corrected chi connectivity index (χ4v) is 2.62. The van der Waals surface area contributed by atoms with Gasteiger partial charge < -0.3 is 9.73 Å². The van der Waals surface area contributed by atoms with Crippen LogP contribution in [0.2, 0.25) is 5.02 Å². The molecule has 3 aromatic rings. The molecule has 1 N–H and O–H groups in total. The van der Waals surface area contributed by atoms with E-state index >= 15 is 0 Å². The number of rotatable bonds is 3. The van der Waals surface area contributed by atoms with Crippen LogP contribution in [0.25, 0.3) is 11.3 Å². The minimum atomic E-state index is -0.274. The lowest BCUT2D eigenvalue weighted by Crippen LogP contribution is -2.11. The smallest absolute Gasteiger partial charge is 0.291 e. The molecule has 2 aromatic carbocycles. The highest BCUT2D eigenvalue weighted by molar-refractivity contribution is 14.1. The summed E-state index contributed by atoms with van der Waals surface area (Å²) in [6.07, 6.45) is 0. The molecule has 0 unspecified atom stereocenters. The Kier molecular flexibility index (Phi) is 4.49. The lowest BCUT2D eigenvalue weighted by molar-refractivity contribution is 0.0997. The third kappa shape index (κ3) is 3.34. The van der Waals surface area contributed by atoms with Gasteiger partial charge in [-0.3, -0.25) is 4.79 Å². The van der Waals surface area contributed by atoms with Crippen LogP contribution in [0.15, 0.2) is 65.1 Å². The molecule has 0 fully saturated rings. The van der Waals surface area contributed by atoms with Crippen LogP contribution in [0.5, 0.6) is 0 Å². The van der Waals surface area contributed by atoms with Crippen LogP contribution in [0.1, 0.15) is 10.6 Å². The first-order valence-electron chi connectivity index (χ1n) is 6.55. The van der Waals surface area contributed by atoms with Crippen molar-refractivity contribution in [2.24, 2.45) is 0 Å². The Balaban J connectivity index is 1.80. The zero-order chi connectivity index (χ0) is 15.5. The number of furan rings is 1. The number of para-hydroxylation sites is 1. The largest absolute Gasteiger partial charge is 0.451 e.